The first kappa shape index (κ1) is 7.60. The summed E-state index contributed by atoms with van der Waals surface area (Å²) in [4.78, 5) is 0. The number of rotatable bonds is 2. The van der Waals surface area contributed by atoms with Gasteiger partial charge in [0.15, 0.2) is 0 Å². The highest BCUT2D eigenvalue weighted by Gasteiger charge is 2.41. The molecule has 2 rings (SSSR count). The van der Waals surface area contributed by atoms with Crippen molar-refractivity contribution in [3.05, 3.63) is 0 Å². The van der Waals surface area contributed by atoms with E-state index in [0.717, 1.165) is 23.8 Å². The first-order valence-corrected chi connectivity index (χ1v) is 4.98. The lowest BCUT2D eigenvalue weighted by Crippen LogP contribution is -2.33. The normalized spacial score (nSPS) is 44.7. The minimum absolute atomic E-state index is 0.755. The maximum Gasteiger partial charge on any atom is 0.00667 e. The van der Waals surface area contributed by atoms with Gasteiger partial charge in [0, 0.05) is 6.04 Å². The van der Waals surface area contributed by atoms with Crippen molar-refractivity contribution in [3.8, 4) is 0 Å². The molecule has 0 heterocycles. The predicted molar refractivity (Wildman–Crippen MR) is 47.5 cm³/mol. The summed E-state index contributed by atoms with van der Waals surface area (Å²) in [6.07, 6.45) is 6.09. The van der Waals surface area contributed by atoms with Gasteiger partial charge in [-0.15, -0.1) is 0 Å². The lowest BCUT2D eigenvalue weighted by molar-refractivity contribution is 0.269. The van der Waals surface area contributed by atoms with Crippen LogP contribution in [0.1, 0.15) is 32.6 Å². The van der Waals surface area contributed by atoms with Gasteiger partial charge in [-0.2, -0.15) is 0 Å². The molecule has 11 heavy (non-hydrogen) atoms. The molecule has 2 bridgehead atoms. The second kappa shape index (κ2) is 2.78. The molecule has 2 fully saturated rings. The van der Waals surface area contributed by atoms with Crippen molar-refractivity contribution >= 4 is 0 Å². The van der Waals surface area contributed by atoms with E-state index in [9.17, 15) is 0 Å². The van der Waals surface area contributed by atoms with Gasteiger partial charge in [0.25, 0.3) is 0 Å². The Bertz CT molecular complexity index is 144. The predicted octanol–water partition coefficient (Wildman–Crippen LogP) is 2.03. The zero-order chi connectivity index (χ0) is 7.84. The Hall–Kier alpha value is -0.0400. The molecule has 2 saturated carbocycles. The number of hydrogen-bond acceptors (Lipinski definition) is 1. The first-order chi connectivity index (χ1) is 5.31. The minimum atomic E-state index is 0.755. The summed E-state index contributed by atoms with van der Waals surface area (Å²) in [5.74, 6) is 3.17. The molecule has 2 unspecified atom stereocenters. The van der Waals surface area contributed by atoms with Gasteiger partial charge in [0.1, 0.15) is 0 Å². The maximum absolute atomic E-state index is 3.39. The molecule has 1 heteroatoms. The molecule has 4 atom stereocenters. The van der Waals surface area contributed by atoms with Gasteiger partial charge in [0.05, 0.1) is 0 Å². The van der Waals surface area contributed by atoms with Crippen LogP contribution in [0.2, 0.25) is 0 Å². The van der Waals surface area contributed by atoms with E-state index >= 15 is 0 Å². The minimum Gasteiger partial charge on any atom is -0.317 e. The van der Waals surface area contributed by atoms with Gasteiger partial charge < -0.3 is 5.32 Å². The standard InChI is InChI=1S/C10H19N/c1-7(11-2)10-6-8-3-4-9(10)5-8/h7-11H,3-6H2,1-2H3/t7?,8-,9+,10?/m1/s1. The molecule has 0 aromatic rings. The zero-order valence-electron chi connectivity index (χ0n) is 7.64. The monoisotopic (exact) mass is 153 g/mol. The van der Waals surface area contributed by atoms with Gasteiger partial charge in [-0.05, 0) is 51.0 Å². The number of fused-ring (bicyclic) bond motifs is 2. The molecular weight excluding hydrogens is 134 g/mol. The van der Waals surface area contributed by atoms with Crippen LogP contribution < -0.4 is 5.32 Å². The van der Waals surface area contributed by atoms with E-state index in [1.807, 2.05) is 0 Å². The third kappa shape index (κ3) is 1.20. The van der Waals surface area contributed by atoms with Crippen molar-refractivity contribution in [2.45, 2.75) is 38.6 Å². The first-order valence-electron chi connectivity index (χ1n) is 4.98. The smallest absolute Gasteiger partial charge is 0.00667 e. The van der Waals surface area contributed by atoms with Gasteiger partial charge in [-0.1, -0.05) is 6.42 Å². The highest BCUT2D eigenvalue weighted by molar-refractivity contribution is 4.93. The van der Waals surface area contributed by atoms with Gasteiger partial charge in [0.2, 0.25) is 0 Å². The largest absolute Gasteiger partial charge is 0.317 e. The highest BCUT2D eigenvalue weighted by atomic mass is 14.9. The van der Waals surface area contributed by atoms with Crippen molar-refractivity contribution < 1.29 is 0 Å². The van der Waals surface area contributed by atoms with Crippen LogP contribution in [-0.2, 0) is 0 Å². The molecule has 0 aromatic heterocycles. The van der Waals surface area contributed by atoms with E-state index in [1.54, 1.807) is 0 Å². The quantitative estimate of drug-likeness (QED) is 0.640. The summed E-state index contributed by atoms with van der Waals surface area (Å²) in [7, 11) is 2.09. The Morgan fingerprint density at radius 2 is 2.09 bits per heavy atom. The van der Waals surface area contributed by atoms with Crippen LogP contribution in [0.5, 0.6) is 0 Å². The molecule has 2 aliphatic rings. The van der Waals surface area contributed by atoms with E-state index in [-0.39, 0.29) is 0 Å². The van der Waals surface area contributed by atoms with Crippen molar-refractivity contribution in [2.75, 3.05) is 7.05 Å². The molecule has 0 amide bonds. The van der Waals surface area contributed by atoms with E-state index in [2.05, 4.69) is 19.3 Å². The highest BCUT2D eigenvalue weighted by Crippen LogP contribution is 2.49. The SMILES string of the molecule is CNC(C)C1C[C@@H]2CC[C@H]1C2. The third-order valence-electron chi connectivity index (χ3n) is 3.89. The van der Waals surface area contributed by atoms with Crippen molar-refractivity contribution in [2.24, 2.45) is 17.8 Å². The van der Waals surface area contributed by atoms with Crippen LogP contribution in [0.3, 0.4) is 0 Å². The molecule has 1 N–H and O–H groups in total. The summed E-state index contributed by atoms with van der Waals surface area (Å²) in [6, 6.07) is 0.755. The molecule has 0 spiro atoms. The average Bonchev–Trinajstić information content (AvgIpc) is 2.62. The summed E-state index contributed by atoms with van der Waals surface area (Å²) >= 11 is 0. The van der Waals surface area contributed by atoms with E-state index in [1.165, 1.54) is 25.7 Å². The molecule has 0 radical (unpaired) electrons. The second-order valence-corrected chi connectivity index (χ2v) is 4.42. The molecule has 0 saturated heterocycles. The van der Waals surface area contributed by atoms with E-state index in [0.29, 0.717) is 0 Å². The Morgan fingerprint density at radius 3 is 2.55 bits per heavy atom. The van der Waals surface area contributed by atoms with Crippen LogP contribution in [0.25, 0.3) is 0 Å². The Kier molecular flexibility index (Phi) is 1.92. The fourth-order valence-corrected chi connectivity index (χ4v) is 3.12. The summed E-state index contributed by atoms with van der Waals surface area (Å²) in [5, 5.41) is 3.39. The van der Waals surface area contributed by atoms with Crippen LogP contribution >= 0.6 is 0 Å². The summed E-state index contributed by atoms with van der Waals surface area (Å²) in [6.45, 7) is 2.34. The average molecular weight is 153 g/mol. The molecule has 0 aliphatic heterocycles. The fourth-order valence-electron chi connectivity index (χ4n) is 3.12. The molecule has 1 nitrogen and oxygen atoms in total. The fraction of sp³-hybridized carbons (Fsp3) is 1.00. The second-order valence-electron chi connectivity index (χ2n) is 4.42. The van der Waals surface area contributed by atoms with Gasteiger partial charge >= 0.3 is 0 Å². The third-order valence-corrected chi connectivity index (χ3v) is 3.89. The molecule has 64 valence electrons. The topological polar surface area (TPSA) is 12.0 Å². The summed E-state index contributed by atoms with van der Waals surface area (Å²) in [5.41, 5.74) is 0. The zero-order valence-corrected chi connectivity index (χ0v) is 7.64. The van der Waals surface area contributed by atoms with Crippen LogP contribution in [0.15, 0.2) is 0 Å². The van der Waals surface area contributed by atoms with Gasteiger partial charge in [-0.25, -0.2) is 0 Å². The van der Waals surface area contributed by atoms with E-state index < -0.39 is 0 Å². The number of nitrogens with one attached hydrogen (secondary N) is 1. The van der Waals surface area contributed by atoms with Crippen LogP contribution in [0.4, 0.5) is 0 Å². The van der Waals surface area contributed by atoms with Crippen molar-refractivity contribution in [3.63, 3.8) is 0 Å². The lowest BCUT2D eigenvalue weighted by Gasteiger charge is -2.27. The van der Waals surface area contributed by atoms with Crippen LogP contribution in [-0.4, -0.2) is 13.1 Å². The van der Waals surface area contributed by atoms with Crippen molar-refractivity contribution in [1.82, 2.24) is 5.32 Å². The van der Waals surface area contributed by atoms with Crippen LogP contribution in [0, 0.1) is 17.8 Å². The Morgan fingerprint density at radius 1 is 1.27 bits per heavy atom. The van der Waals surface area contributed by atoms with Crippen molar-refractivity contribution in [1.29, 1.82) is 0 Å². The van der Waals surface area contributed by atoms with E-state index in [4.69, 9.17) is 0 Å². The Balaban J connectivity index is 1.96. The Labute approximate surface area is 69.6 Å². The van der Waals surface area contributed by atoms with Gasteiger partial charge in [-0.3, -0.25) is 0 Å². The molecule has 0 aromatic carbocycles. The lowest BCUT2D eigenvalue weighted by atomic mass is 9.84. The summed E-state index contributed by atoms with van der Waals surface area (Å²) < 4.78 is 0. The molecular formula is C10H19N. The maximum atomic E-state index is 3.39. The molecule has 2 aliphatic carbocycles. The number of hydrogen-bond donors (Lipinski definition) is 1.